The zero-order valence-corrected chi connectivity index (χ0v) is 9.36. The van der Waals surface area contributed by atoms with Crippen LogP contribution in [0.2, 0.25) is 0 Å². The lowest BCUT2D eigenvalue weighted by atomic mass is 9.92. The second kappa shape index (κ2) is 3.69. The number of amides is 1. The largest absolute Gasteiger partial charge is 0.334 e. The molecular weight excluding hydrogens is 186 g/mol. The monoisotopic (exact) mass is 203 g/mol. The molecule has 1 aliphatic rings. The highest BCUT2D eigenvalue weighted by Crippen LogP contribution is 2.31. The molecule has 0 atom stereocenters. The Hall–Kier alpha value is -1.31. The van der Waals surface area contributed by atoms with Crippen molar-refractivity contribution in [3.63, 3.8) is 0 Å². The first-order valence-corrected chi connectivity index (χ1v) is 5.48. The zero-order chi connectivity index (χ0) is 10.9. The van der Waals surface area contributed by atoms with Gasteiger partial charge in [-0.1, -0.05) is 30.3 Å². The van der Waals surface area contributed by atoms with Crippen molar-refractivity contribution in [2.75, 3.05) is 6.54 Å². The van der Waals surface area contributed by atoms with Crippen LogP contribution in [-0.2, 0) is 10.3 Å². The van der Waals surface area contributed by atoms with Gasteiger partial charge in [-0.3, -0.25) is 4.79 Å². The molecule has 0 N–H and O–H groups in total. The number of hydrogen-bond donors (Lipinski definition) is 0. The van der Waals surface area contributed by atoms with Crippen LogP contribution >= 0.6 is 0 Å². The van der Waals surface area contributed by atoms with Crippen LogP contribution < -0.4 is 0 Å². The van der Waals surface area contributed by atoms with Gasteiger partial charge in [0.05, 0.1) is 5.54 Å². The summed E-state index contributed by atoms with van der Waals surface area (Å²) in [5.41, 5.74) is 1.04. The highest BCUT2D eigenvalue weighted by Gasteiger charge is 2.34. The zero-order valence-electron chi connectivity index (χ0n) is 9.36. The summed E-state index contributed by atoms with van der Waals surface area (Å²) >= 11 is 0. The van der Waals surface area contributed by atoms with Crippen molar-refractivity contribution in [1.29, 1.82) is 0 Å². The van der Waals surface area contributed by atoms with E-state index >= 15 is 0 Å². The second-order valence-corrected chi connectivity index (χ2v) is 4.57. The first-order valence-electron chi connectivity index (χ1n) is 5.48. The van der Waals surface area contributed by atoms with E-state index in [-0.39, 0.29) is 11.4 Å². The summed E-state index contributed by atoms with van der Waals surface area (Å²) in [5, 5.41) is 0. The molecule has 1 aromatic carbocycles. The van der Waals surface area contributed by atoms with Gasteiger partial charge in [0, 0.05) is 13.0 Å². The molecule has 0 aromatic heterocycles. The van der Waals surface area contributed by atoms with E-state index in [1.807, 2.05) is 23.1 Å². The summed E-state index contributed by atoms with van der Waals surface area (Å²) in [5.74, 6) is 0.281. The fourth-order valence-corrected chi connectivity index (χ4v) is 2.24. The Kier molecular flexibility index (Phi) is 2.51. The summed E-state index contributed by atoms with van der Waals surface area (Å²) in [6.45, 7) is 5.12. The maximum Gasteiger partial charge on any atom is 0.223 e. The van der Waals surface area contributed by atoms with Gasteiger partial charge in [0.1, 0.15) is 0 Å². The summed E-state index contributed by atoms with van der Waals surface area (Å²) in [4.78, 5) is 13.7. The van der Waals surface area contributed by atoms with E-state index in [2.05, 4.69) is 26.0 Å². The van der Waals surface area contributed by atoms with Crippen LogP contribution in [0.1, 0.15) is 32.3 Å². The third-order valence-corrected chi connectivity index (χ3v) is 3.23. The predicted molar refractivity (Wildman–Crippen MR) is 60.4 cm³/mol. The number of carbonyl (C=O) groups is 1. The van der Waals surface area contributed by atoms with E-state index < -0.39 is 0 Å². The normalized spacial score (nSPS) is 17.2. The molecule has 1 fully saturated rings. The number of nitrogens with zero attached hydrogens (tertiary/aromatic N) is 1. The molecule has 1 aromatic rings. The Morgan fingerprint density at radius 1 is 1.20 bits per heavy atom. The number of benzene rings is 1. The van der Waals surface area contributed by atoms with Crippen LogP contribution in [0.5, 0.6) is 0 Å². The minimum absolute atomic E-state index is 0.172. The minimum Gasteiger partial charge on any atom is -0.334 e. The maximum atomic E-state index is 11.7. The van der Waals surface area contributed by atoms with E-state index in [0.29, 0.717) is 6.42 Å². The lowest BCUT2D eigenvalue weighted by Crippen LogP contribution is -2.42. The van der Waals surface area contributed by atoms with Gasteiger partial charge in [0.15, 0.2) is 0 Å². The number of likely N-dealkylation sites (tertiary alicyclic amines) is 1. The van der Waals surface area contributed by atoms with E-state index in [9.17, 15) is 4.79 Å². The third-order valence-electron chi connectivity index (χ3n) is 3.23. The van der Waals surface area contributed by atoms with Crippen molar-refractivity contribution < 1.29 is 4.79 Å². The lowest BCUT2D eigenvalue weighted by molar-refractivity contribution is -0.132. The molecule has 0 bridgehead atoms. The molecule has 15 heavy (non-hydrogen) atoms. The Labute approximate surface area is 90.9 Å². The molecule has 0 radical (unpaired) electrons. The van der Waals surface area contributed by atoms with Crippen molar-refractivity contribution in [1.82, 2.24) is 4.90 Å². The predicted octanol–water partition coefficient (Wildman–Crippen LogP) is 2.54. The van der Waals surface area contributed by atoms with Gasteiger partial charge in [-0.2, -0.15) is 0 Å². The topological polar surface area (TPSA) is 20.3 Å². The third kappa shape index (κ3) is 1.76. The highest BCUT2D eigenvalue weighted by molar-refractivity contribution is 5.79. The van der Waals surface area contributed by atoms with Gasteiger partial charge in [-0.25, -0.2) is 0 Å². The Balaban J connectivity index is 2.30. The summed E-state index contributed by atoms with van der Waals surface area (Å²) in [6, 6.07) is 10.2. The van der Waals surface area contributed by atoms with Crippen molar-refractivity contribution in [2.24, 2.45) is 0 Å². The van der Waals surface area contributed by atoms with Crippen molar-refractivity contribution >= 4 is 5.91 Å². The molecule has 0 unspecified atom stereocenters. The summed E-state index contributed by atoms with van der Waals surface area (Å²) in [7, 11) is 0. The molecule has 2 nitrogen and oxygen atoms in total. The molecule has 1 amide bonds. The fourth-order valence-electron chi connectivity index (χ4n) is 2.24. The maximum absolute atomic E-state index is 11.7. The molecule has 80 valence electrons. The number of rotatable bonds is 2. The SMILES string of the molecule is CC(C)(c1ccccc1)N1CCCC1=O. The Bertz CT molecular complexity index is 356. The molecule has 1 aliphatic heterocycles. The van der Waals surface area contributed by atoms with Crippen LogP contribution in [0.25, 0.3) is 0 Å². The molecule has 2 heteroatoms. The molecular formula is C13H17NO. The minimum atomic E-state index is -0.172. The van der Waals surface area contributed by atoms with Gasteiger partial charge in [0.2, 0.25) is 5.91 Å². The van der Waals surface area contributed by atoms with Crippen LogP contribution in [0, 0.1) is 0 Å². The number of hydrogen-bond acceptors (Lipinski definition) is 1. The molecule has 1 saturated heterocycles. The summed E-state index contributed by atoms with van der Waals surface area (Å²) in [6.07, 6.45) is 1.70. The molecule has 0 spiro atoms. The Morgan fingerprint density at radius 2 is 1.87 bits per heavy atom. The smallest absolute Gasteiger partial charge is 0.223 e. The van der Waals surface area contributed by atoms with Crippen molar-refractivity contribution in [3.8, 4) is 0 Å². The highest BCUT2D eigenvalue weighted by atomic mass is 16.2. The van der Waals surface area contributed by atoms with Gasteiger partial charge in [-0.15, -0.1) is 0 Å². The van der Waals surface area contributed by atoms with Gasteiger partial charge < -0.3 is 4.90 Å². The van der Waals surface area contributed by atoms with Crippen LogP contribution in [0.4, 0.5) is 0 Å². The van der Waals surface area contributed by atoms with E-state index in [0.717, 1.165) is 13.0 Å². The lowest BCUT2D eigenvalue weighted by Gasteiger charge is -2.36. The van der Waals surface area contributed by atoms with Crippen LogP contribution in [0.3, 0.4) is 0 Å². The van der Waals surface area contributed by atoms with E-state index in [4.69, 9.17) is 0 Å². The van der Waals surface area contributed by atoms with Crippen LogP contribution in [-0.4, -0.2) is 17.4 Å². The first-order chi connectivity index (χ1) is 7.12. The number of carbonyl (C=O) groups excluding carboxylic acids is 1. The Morgan fingerprint density at radius 3 is 2.40 bits per heavy atom. The standard InChI is InChI=1S/C13H17NO/c1-13(2,11-7-4-3-5-8-11)14-10-6-9-12(14)15/h3-5,7-8H,6,9-10H2,1-2H3. The molecule has 2 rings (SSSR count). The van der Waals surface area contributed by atoms with E-state index in [1.165, 1.54) is 5.56 Å². The fraction of sp³-hybridized carbons (Fsp3) is 0.462. The van der Waals surface area contributed by atoms with Crippen molar-refractivity contribution in [2.45, 2.75) is 32.2 Å². The molecule has 1 heterocycles. The van der Waals surface area contributed by atoms with Gasteiger partial charge in [-0.05, 0) is 25.8 Å². The van der Waals surface area contributed by atoms with Gasteiger partial charge in [0.25, 0.3) is 0 Å². The molecule has 0 aliphatic carbocycles. The second-order valence-electron chi connectivity index (χ2n) is 4.57. The first kappa shape index (κ1) is 10.2. The van der Waals surface area contributed by atoms with Crippen LogP contribution in [0.15, 0.2) is 30.3 Å². The van der Waals surface area contributed by atoms with E-state index in [1.54, 1.807) is 0 Å². The molecule has 0 saturated carbocycles. The van der Waals surface area contributed by atoms with Crippen molar-refractivity contribution in [3.05, 3.63) is 35.9 Å². The summed E-state index contributed by atoms with van der Waals surface area (Å²) < 4.78 is 0. The van der Waals surface area contributed by atoms with Gasteiger partial charge >= 0.3 is 0 Å². The average Bonchev–Trinajstić information content (AvgIpc) is 2.66. The average molecular weight is 203 g/mol. The quantitative estimate of drug-likeness (QED) is 0.723.